The Morgan fingerprint density at radius 2 is 1.82 bits per heavy atom. The molecule has 0 aliphatic carbocycles. The van der Waals surface area contributed by atoms with Gasteiger partial charge in [0.05, 0.1) is 20.5 Å². The average molecular weight is 324 g/mol. The molecule has 0 aromatic heterocycles. The molecule has 1 amide bonds. The fourth-order valence-electron chi connectivity index (χ4n) is 1.73. The van der Waals surface area contributed by atoms with Crippen LogP contribution in [0.2, 0.25) is 0 Å². The van der Waals surface area contributed by atoms with Gasteiger partial charge in [-0.3, -0.25) is 4.79 Å². The lowest BCUT2D eigenvalue weighted by atomic mass is 10.00. The Labute approximate surface area is 134 Å². The Kier molecular flexibility index (Phi) is 6.66. The van der Waals surface area contributed by atoms with Gasteiger partial charge in [0.2, 0.25) is 0 Å². The number of ether oxygens (including phenoxy) is 2. The van der Waals surface area contributed by atoms with Crippen LogP contribution < -0.4 is 0 Å². The molecule has 0 saturated heterocycles. The zero-order valence-corrected chi connectivity index (χ0v) is 13.7. The van der Waals surface area contributed by atoms with E-state index in [1.54, 1.807) is 38.4 Å². The molecule has 0 N–H and O–H groups in total. The maximum atomic E-state index is 11.9. The van der Waals surface area contributed by atoms with Gasteiger partial charge >= 0.3 is 5.97 Å². The maximum absolute atomic E-state index is 11.9. The topological polar surface area (TPSA) is 55.8 Å². The van der Waals surface area contributed by atoms with Crippen LogP contribution in [0.1, 0.15) is 11.1 Å². The van der Waals surface area contributed by atoms with E-state index in [1.807, 2.05) is 0 Å². The van der Waals surface area contributed by atoms with Gasteiger partial charge in [-0.2, -0.15) is 0 Å². The predicted octanol–water partition coefficient (Wildman–Crippen LogP) is 2.51. The lowest BCUT2D eigenvalue weighted by molar-refractivity contribution is -0.133. The van der Waals surface area contributed by atoms with Gasteiger partial charge in [-0.05, 0) is 17.2 Å². The zero-order chi connectivity index (χ0) is 16.7. The molecule has 0 radical (unpaired) electrons. The van der Waals surface area contributed by atoms with Crippen LogP contribution in [0.15, 0.2) is 35.6 Å². The third kappa shape index (κ3) is 4.36. The van der Waals surface area contributed by atoms with Gasteiger partial charge in [0, 0.05) is 14.1 Å². The number of carbonyl (C=O) groups excluding carboxylic acids is 2. The van der Waals surface area contributed by atoms with Crippen molar-refractivity contribution >= 4 is 35.1 Å². The van der Waals surface area contributed by atoms with Crippen LogP contribution in [0.4, 0.5) is 0 Å². The summed E-state index contributed by atoms with van der Waals surface area (Å²) in [5.41, 5.74) is 1.40. The van der Waals surface area contributed by atoms with E-state index < -0.39 is 5.97 Å². The molecule has 0 aliphatic rings. The SMILES string of the molecule is COC=C(C(=O)OC)c1ccccc1C=C(Cl)C(=O)N(C)C. The number of benzene rings is 1. The van der Waals surface area contributed by atoms with Crippen molar-refractivity contribution in [3.05, 3.63) is 46.7 Å². The molecular weight excluding hydrogens is 306 g/mol. The monoisotopic (exact) mass is 323 g/mol. The Morgan fingerprint density at radius 3 is 2.36 bits per heavy atom. The highest BCUT2D eigenvalue weighted by Gasteiger charge is 2.17. The van der Waals surface area contributed by atoms with Crippen LogP contribution in [0.3, 0.4) is 0 Å². The summed E-state index contributed by atoms with van der Waals surface area (Å²) in [4.78, 5) is 25.1. The van der Waals surface area contributed by atoms with Crippen LogP contribution >= 0.6 is 11.6 Å². The van der Waals surface area contributed by atoms with Gasteiger partial charge in [0.15, 0.2) is 0 Å². The number of nitrogens with zero attached hydrogens (tertiary/aromatic N) is 1. The Balaban J connectivity index is 3.35. The Hall–Kier alpha value is -2.27. The normalized spacial score (nSPS) is 11.9. The first kappa shape index (κ1) is 17.8. The van der Waals surface area contributed by atoms with E-state index in [0.717, 1.165) is 0 Å². The van der Waals surface area contributed by atoms with Crippen LogP contribution in [0.5, 0.6) is 0 Å². The molecule has 0 bridgehead atoms. The standard InChI is InChI=1S/C16H18ClNO4/c1-18(2)15(19)14(17)9-11-7-5-6-8-12(11)13(10-21-3)16(20)22-4/h5-10H,1-4H3. The predicted molar refractivity (Wildman–Crippen MR) is 86.0 cm³/mol. The van der Waals surface area contributed by atoms with Crippen LogP contribution in [-0.4, -0.2) is 45.1 Å². The van der Waals surface area contributed by atoms with E-state index in [-0.39, 0.29) is 16.5 Å². The number of hydrogen-bond donors (Lipinski definition) is 0. The molecule has 22 heavy (non-hydrogen) atoms. The minimum atomic E-state index is -0.544. The maximum Gasteiger partial charge on any atom is 0.341 e. The first-order valence-electron chi connectivity index (χ1n) is 6.41. The first-order valence-corrected chi connectivity index (χ1v) is 6.79. The summed E-state index contributed by atoms with van der Waals surface area (Å²) in [5, 5.41) is 0.0408. The van der Waals surface area contributed by atoms with Crippen LogP contribution in [0, 0.1) is 0 Å². The highest BCUT2D eigenvalue weighted by atomic mass is 35.5. The molecule has 0 spiro atoms. The van der Waals surface area contributed by atoms with Crippen molar-refractivity contribution in [1.82, 2.24) is 4.90 Å². The summed E-state index contributed by atoms with van der Waals surface area (Å²) in [6.45, 7) is 0. The van der Waals surface area contributed by atoms with Gasteiger partial charge < -0.3 is 14.4 Å². The second-order valence-corrected chi connectivity index (χ2v) is 4.95. The molecule has 0 atom stereocenters. The minimum absolute atomic E-state index is 0.0408. The number of esters is 1. The minimum Gasteiger partial charge on any atom is -0.503 e. The Morgan fingerprint density at radius 1 is 1.18 bits per heavy atom. The van der Waals surface area contributed by atoms with E-state index in [1.165, 1.54) is 31.5 Å². The van der Waals surface area contributed by atoms with E-state index in [4.69, 9.17) is 21.1 Å². The second-order valence-electron chi connectivity index (χ2n) is 4.54. The van der Waals surface area contributed by atoms with Gasteiger partial charge in [-0.1, -0.05) is 35.9 Å². The number of amides is 1. The second kappa shape index (κ2) is 8.24. The third-order valence-electron chi connectivity index (χ3n) is 2.78. The lowest BCUT2D eigenvalue weighted by Crippen LogP contribution is -2.21. The fourth-order valence-corrected chi connectivity index (χ4v) is 2.02. The molecule has 0 saturated carbocycles. The van der Waals surface area contributed by atoms with Crippen LogP contribution in [0.25, 0.3) is 11.6 Å². The van der Waals surface area contributed by atoms with E-state index >= 15 is 0 Å². The molecule has 0 fully saturated rings. The van der Waals surface area contributed by atoms with Crippen LogP contribution in [-0.2, 0) is 19.1 Å². The number of rotatable bonds is 5. The highest BCUT2D eigenvalue weighted by Crippen LogP contribution is 2.24. The molecule has 0 unspecified atom stereocenters. The number of likely N-dealkylation sites (N-methyl/N-ethyl adjacent to an activating group) is 1. The van der Waals surface area contributed by atoms with Gasteiger partial charge in [-0.25, -0.2) is 4.79 Å². The fraction of sp³-hybridized carbons (Fsp3) is 0.250. The van der Waals surface area contributed by atoms with Crippen molar-refractivity contribution in [2.24, 2.45) is 0 Å². The lowest BCUT2D eigenvalue weighted by Gasteiger charge is -2.11. The number of hydrogen-bond acceptors (Lipinski definition) is 4. The number of halogens is 1. The van der Waals surface area contributed by atoms with Gasteiger partial charge in [0.1, 0.15) is 10.6 Å². The molecule has 1 rings (SSSR count). The summed E-state index contributed by atoms with van der Waals surface area (Å²) in [7, 11) is 5.93. The summed E-state index contributed by atoms with van der Waals surface area (Å²) in [6.07, 6.45) is 2.80. The third-order valence-corrected chi connectivity index (χ3v) is 3.06. The van der Waals surface area contributed by atoms with Gasteiger partial charge in [0.25, 0.3) is 5.91 Å². The number of carbonyl (C=O) groups is 2. The van der Waals surface area contributed by atoms with E-state index in [2.05, 4.69) is 0 Å². The van der Waals surface area contributed by atoms with E-state index in [9.17, 15) is 9.59 Å². The molecule has 0 aliphatic heterocycles. The smallest absolute Gasteiger partial charge is 0.341 e. The molecule has 5 nitrogen and oxygen atoms in total. The molecule has 6 heteroatoms. The van der Waals surface area contributed by atoms with Crippen molar-refractivity contribution in [3.8, 4) is 0 Å². The zero-order valence-electron chi connectivity index (χ0n) is 12.9. The summed E-state index contributed by atoms with van der Waals surface area (Å²) in [5.74, 6) is -0.871. The average Bonchev–Trinajstić information content (AvgIpc) is 2.51. The van der Waals surface area contributed by atoms with Crippen molar-refractivity contribution in [2.75, 3.05) is 28.3 Å². The highest BCUT2D eigenvalue weighted by molar-refractivity contribution is 6.44. The molecule has 0 heterocycles. The Bertz CT molecular complexity index is 620. The first-order chi connectivity index (χ1) is 10.4. The van der Waals surface area contributed by atoms with Gasteiger partial charge in [-0.15, -0.1) is 0 Å². The molecule has 118 valence electrons. The molecule has 1 aromatic carbocycles. The largest absolute Gasteiger partial charge is 0.503 e. The van der Waals surface area contributed by atoms with Crippen molar-refractivity contribution in [3.63, 3.8) is 0 Å². The summed E-state index contributed by atoms with van der Waals surface area (Å²) >= 11 is 6.03. The molecular formula is C16H18ClNO4. The quantitative estimate of drug-likeness (QED) is 0.474. The van der Waals surface area contributed by atoms with Crippen molar-refractivity contribution in [1.29, 1.82) is 0 Å². The van der Waals surface area contributed by atoms with Crippen molar-refractivity contribution < 1.29 is 19.1 Å². The summed E-state index contributed by atoms with van der Waals surface area (Å²) < 4.78 is 9.68. The summed E-state index contributed by atoms with van der Waals surface area (Å²) in [6, 6.07) is 7.01. The van der Waals surface area contributed by atoms with E-state index in [0.29, 0.717) is 11.1 Å². The molecule has 1 aromatic rings. The number of methoxy groups -OCH3 is 2. The van der Waals surface area contributed by atoms with Crippen molar-refractivity contribution in [2.45, 2.75) is 0 Å².